The Morgan fingerprint density at radius 2 is 1.79 bits per heavy atom. The summed E-state index contributed by atoms with van der Waals surface area (Å²) in [6.07, 6.45) is -2.80. The molecule has 11 atom stereocenters. The number of allylic oxidation sites excluding steroid dienone is 4. The number of ketones is 2. The van der Waals surface area contributed by atoms with E-state index >= 15 is 8.78 Å². The molecule has 18 heteroatoms. The minimum atomic E-state index is -2.42. The van der Waals surface area contributed by atoms with Crippen molar-refractivity contribution in [1.29, 1.82) is 0 Å². The lowest BCUT2D eigenvalue weighted by atomic mass is 9.44. The summed E-state index contributed by atoms with van der Waals surface area (Å²) < 4.78 is 66.5. The summed E-state index contributed by atoms with van der Waals surface area (Å²) in [6, 6.07) is 4.36. The van der Waals surface area contributed by atoms with E-state index in [2.05, 4.69) is 21.3 Å². The fourth-order valence-corrected chi connectivity index (χ4v) is 9.63. The van der Waals surface area contributed by atoms with Crippen LogP contribution in [0, 0.1) is 28.5 Å². The first kappa shape index (κ1) is 41.2. The molecule has 1 saturated heterocycles. The molecule has 0 aromatic heterocycles. The quantitative estimate of drug-likeness (QED) is 0.118. The van der Waals surface area contributed by atoms with Crippen LogP contribution in [0.4, 0.5) is 13.2 Å². The average Bonchev–Trinajstić information content (AvgIpc) is 3.66. The topological polar surface area (TPSA) is 224 Å². The number of ether oxygens (including phenoxy) is 3. The van der Waals surface area contributed by atoms with Crippen LogP contribution in [0.25, 0.3) is 0 Å². The molecule has 0 spiro atoms. The van der Waals surface area contributed by atoms with Crippen LogP contribution in [0.1, 0.15) is 51.9 Å². The normalized spacial score (nSPS) is 35.9. The number of carbonyl (C=O) groups excluding carboxylic acids is 6. The van der Waals surface area contributed by atoms with Crippen LogP contribution in [0.3, 0.4) is 0 Å². The van der Waals surface area contributed by atoms with Gasteiger partial charge in [0.15, 0.2) is 29.1 Å². The maximum Gasteiger partial charge on any atom is 0.242 e. The first-order chi connectivity index (χ1) is 26.4. The molecule has 304 valence electrons. The predicted octanol–water partition coefficient (Wildman–Crippen LogP) is 0.262. The summed E-state index contributed by atoms with van der Waals surface area (Å²) in [5.74, 6) is -6.24. The molecule has 5 aliphatic rings. The molecular formula is C38H46F3N5O10. The Bertz CT molecular complexity index is 1860. The number of nitrogens with two attached hydrogens (primary N) is 1. The van der Waals surface area contributed by atoms with E-state index in [0.29, 0.717) is 0 Å². The van der Waals surface area contributed by atoms with Crippen molar-refractivity contribution < 1.29 is 61.3 Å². The van der Waals surface area contributed by atoms with Crippen LogP contribution < -0.4 is 27.0 Å². The minimum absolute atomic E-state index is 0.0270. The van der Waals surface area contributed by atoms with E-state index in [4.69, 9.17) is 19.9 Å². The van der Waals surface area contributed by atoms with Gasteiger partial charge in [-0.3, -0.25) is 28.8 Å². The Kier molecular flexibility index (Phi) is 11.4. The number of hydrogen-bond donors (Lipinski definition) is 6. The van der Waals surface area contributed by atoms with Crippen LogP contribution >= 0.6 is 0 Å². The highest BCUT2D eigenvalue weighted by atomic mass is 19.1. The molecule has 0 radical (unpaired) electrons. The van der Waals surface area contributed by atoms with E-state index in [1.54, 1.807) is 13.0 Å². The molecule has 15 nitrogen and oxygen atoms in total. The molecule has 1 heterocycles. The molecule has 4 aliphatic carbocycles. The van der Waals surface area contributed by atoms with Crippen LogP contribution in [0.2, 0.25) is 0 Å². The third-order valence-corrected chi connectivity index (χ3v) is 12.3. The highest BCUT2D eigenvalue weighted by Gasteiger charge is 2.80. The van der Waals surface area contributed by atoms with E-state index in [-0.39, 0.29) is 36.9 Å². The van der Waals surface area contributed by atoms with Crippen molar-refractivity contribution >= 4 is 35.2 Å². The fourth-order valence-electron chi connectivity index (χ4n) is 9.63. The summed E-state index contributed by atoms with van der Waals surface area (Å²) >= 11 is 0. The third-order valence-electron chi connectivity index (χ3n) is 12.3. The number of fused-ring (bicyclic) bond motifs is 7. The molecule has 0 bridgehead atoms. The van der Waals surface area contributed by atoms with E-state index in [9.17, 15) is 38.3 Å². The summed E-state index contributed by atoms with van der Waals surface area (Å²) in [6.45, 7) is 2.12. The van der Waals surface area contributed by atoms with Crippen molar-refractivity contribution in [2.75, 3.05) is 33.0 Å². The number of aliphatic hydroxyl groups is 1. The van der Waals surface area contributed by atoms with Gasteiger partial charge < -0.3 is 46.3 Å². The Hall–Kier alpha value is -4.49. The fraction of sp³-hybridized carbons (Fsp3) is 0.579. The number of hydrogen-bond acceptors (Lipinski definition) is 11. The molecular weight excluding hydrogens is 743 g/mol. The highest BCUT2D eigenvalue weighted by Crippen LogP contribution is 2.72. The summed E-state index contributed by atoms with van der Waals surface area (Å²) in [5, 5.41) is 21.2. The third kappa shape index (κ3) is 6.84. The van der Waals surface area contributed by atoms with Gasteiger partial charge in [0.2, 0.25) is 23.6 Å². The molecule has 1 aromatic carbocycles. The lowest BCUT2D eigenvalue weighted by Gasteiger charge is -2.63. The van der Waals surface area contributed by atoms with Crippen molar-refractivity contribution in [3.63, 3.8) is 0 Å². The largest absolute Gasteiger partial charge is 0.390 e. The number of benzene rings is 1. The van der Waals surface area contributed by atoms with E-state index in [0.717, 1.165) is 6.08 Å². The highest BCUT2D eigenvalue weighted by molar-refractivity contribution is 6.01. The van der Waals surface area contributed by atoms with Crippen molar-refractivity contribution in [2.24, 2.45) is 28.4 Å². The molecule has 7 N–H and O–H groups in total. The Morgan fingerprint density at radius 3 is 2.50 bits per heavy atom. The lowest BCUT2D eigenvalue weighted by Crippen LogP contribution is -2.70. The molecule has 6 rings (SSSR count). The first-order valence-electron chi connectivity index (χ1n) is 18.4. The van der Waals surface area contributed by atoms with Crippen molar-refractivity contribution in [1.82, 2.24) is 21.3 Å². The van der Waals surface area contributed by atoms with Gasteiger partial charge in [0.25, 0.3) is 0 Å². The van der Waals surface area contributed by atoms with Crippen molar-refractivity contribution in [3.8, 4) is 0 Å². The second kappa shape index (κ2) is 15.5. The van der Waals surface area contributed by atoms with Gasteiger partial charge in [0, 0.05) is 22.3 Å². The maximum absolute atomic E-state index is 17.8. The van der Waals surface area contributed by atoms with E-state index in [1.807, 2.05) is 0 Å². The molecule has 1 aromatic rings. The number of aliphatic hydroxyl groups excluding tert-OH is 1. The number of amides is 4. The molecule has 0 unspecified atom stereocenters. The average molecular weight is 790 g/mol. The number of halogens is 3. The van der Waals surface area contributed by atoms with Gasteiger partial charge in [-0.25, -0.2) is 13.2 Å². The summed E-state index contributed by atoms with van der Waals surface area (Å²) in [5.41, 5.74) is -1.93. The van der Waals surface area contributed by atoms with Gasteiger partial charge in [-0.05, 0) is 68.9 Å². The van der Waals surface area contributed by atoms with Gasteiger partial charge >= 0.3 is 0 Å². The molecule has 56 heavy (non-hydrogen) atoms. The summed E-state index contributed by atoms with van der Waals surface area (Å²) in [4.78, 5) is 74.7. The molecule has 1 aliphatic heterocycles. The Labute approximate surface area is 320 Å². The SMILES string of the molecule is C[C@H](NC(=O)CNC(=O)CN)C(=O)NCC(=O)NCOCC(=O)[C@@]12O[C@H](c3cccc(F)c3)O[C@@H]1C[C@H]1[C@@H]3C[C@H](F)C4=CC(=O)C=C[C@]4(C)[C@@]3(F)[C@@H](O)C[C@@]12C. The number of nitrogens with one attached hydrogen (secondary N) is 4. The van der Waals surface area contributed by atoms with Crippen LogP contribution in [0.15, 0.2) is 48.1 Å². The van der Waals surface area contributed by atoms with Gasteiger partial charge in [-0.15, -0.1) is 0 Å². The van der Waals surface area contributed by atoms with Gasteiger partial charge in [0.05, 0.1) is 31.8 Å². The van der Waals surface area contributed by atoms with E-state index in [1.165, 1.54) is 44.2 Å². The summed E-state index contributed by atoms with van der Waals surface area (Å²) in [7, 11) is 0. The number of Topliss-reactive ketones (excluding diaryl/α,β-unsaturated/α-hetero) is 1. The van der Waals surface area contributed by atoms with Crippen LogP contribution in [-0.4, -0.2) is 109 Å². The Morgan fingerprint density at radius 1 is 1.05 bits per heavy atom. The standard InChI is InChI=1S/C38H46F3N5O10/c1-19(46-32(52)16-43-30(50)14-42)33(53)44-15-31(51)45-18-54-17-28(49)38-29(55-34(56-38)20-5-4-6-21(39)9-20)12-23-24-11-26(40)25-10-22(47)7-8-35(25,2)37(24,41)27(48)13-36(23,38)3/h4-10,19,23-24,26-27,29,34,48H,11-18,42H2,1-3H3,(H,43,50)(H,44,53)(H,45,51)(H,46,52)/t19-,23-,24-,26-,27-,29+,34+,35-,36-,37-,38+/m0/s1. The molecule has 4 amide bonds. The molecule has 4 fully saturated rings. The molecule has 3 saturated carbocycles. The lowest BCUT2D eigenvalue weighted by molar-refractivity contribution is -0.235. The zero-order valence-corrected chi connectivity index (χ0v) is 31.1. The maximum atomic E-state index is 17.8. The second-order valence-corrected chi connectivity index (χ2v) is 15.5. The minimum Gasteiger partial charge on any atom is -0.390 e. The zero-order chi connectivity index (χ0) is 40.8. The Balaban J connectivity index is 1.14. The second-order valence-electron chi connectivity index (χ2n) is 15.5. The van der Waals surface area contributed by atoms with Gasteiger partial charge in [-0.2, -0.15) is 0 Å². The smallest absolute Gasteiger partial charge is 0.242 e. The van der Waals surface area contributed by atoms with Crippen LogP contribution in [0.5, 0.6) is 0 Å². The predicted molar refractivity (Wildman–Crippen MR) is 188 cm³/mol. The van der Waals surface area contributed by atoms with Crippen molar-refractivity contribution in [2.45, 2.75) is 82.0 Å². The van der Waals surface area contributed by atoms with Gasteiger partial charge in [0.1, 0.15) is 31.4 Å². The van der Waals surface area contributed by atoms with Crippen molar-refractivity contribution in [3.05, 3.63) is 59.4 Å². The van der Waals surface area contributed by atoms with E-state index < -0.39 is 132 Å². The number of alkyl halides is 2. The van der Waals surface area contributed by atoms with Gasteiger partial charge in [-0.1, -0.05) is 25.1 Å². The zero-order valence-electron chi connectivity index (χ0n) is 31.1. The monoisotopic (exact) mass is 789 g/mol. The van der Waals surface area contributed by atoms with Crippen LogP contribution in [-0.2, 0) is 43.0 Å². The first-order valence-corrected chi connectivity index (χ1v) is 18.4. The number of carbonyl (C=O) groups is 6. The number of rotatable bonds is 13.